The molecule has 1 spiro atoms. The van der Waals surface area contributed by atoms with E-state index in [1.165, 1.54) is 36.4 Å². The fourth-order valence-electron chi connectivity index (χ4n) is 4.96. The number of thioether (sulfide) groups is 1. The molecule has 1 saturated heterocycles. The summed E-state index contributed by atoms with van der Waals surface area (Å²) in [5.41, 5.74) is 0.174. The Morgan fingerprint density at radius 3 is 2.00 bits per heavy atom. The summed E-state index contributed by atoms with van der Waals surface area (Å²) in [7, 11) is 3.15. The molecular weight excluding hydrogens is 505 g/mol. The number of carbonyl (C=O) groups excluding carboxylic acids is 1. The van der Waals surface area contributed by atoms with Crippen LogP contribution in [0.15, 0.2) is 53.4 Å². The normalized spacial score (nSPS) is 20.6. The largest absolute Gasteiger partial charge is 0.573 e. The molecule has 1 aliphatic heterocycles. The van der Waals surface area contributed by atoms with Crippen LogP contribution >= 0.6 is 11.8 Å². The molecule has 1 N–H and O–H groups in total. The minimum absolute atomic E-state index is 0.0260. The second kappa shape index (κ2) is 12.4. The molecule has 1 amide bonds. The Morgan fingerprint density at radius 2 is 1.46 bits per heavy atom. The molecule has 2 aliphatic rings. The molecule has 0 radical (unpaired) electrons. The van der Waals surface area contributed by atoms with Gasteiger partial charge < -0.3 is 14.8 Å². The van der Waals surface area contributed by atoms with Crippen molar-refractivity contribution in [1.29, 1.82) is 0 Å². The molecule has 0 aromatic heterocycles. The monoisotopic (exact) mass is 540 g/mol. The van der Waals surface area contributed by atoms with Gasteiger partial charge in [0.25, 0.3) is 5.91 Å². The molecule has 1 saturated carbocycles. The van der Waals surface area contributed by atoms with Crippen molar-refractivity contribution < 1.29 is 32.3 Å². The van der Waals surface area contributed by atoms with E-state index in [0.29, 0.717) is 11.5 Å². The summed E-state index contributed by atoms with van der Waals surface area (Å²) in [6.07, 6.45) is 0.00966. The van der Waals surface area contributed by atoms with Crippen molar-refractivity contribution >= 4 is 17.7 Å². The first-order valence-electron chi connectivity index (χ1n) is 12.5. The Morgan fingerprint density at radius 1 is 0.919 bits per heavy atom. The predicted octanol–water partition coefficient (Wildman–Crippen LogP) is 6.81. The van der Waals surface area contributed by atoms with E-state index in [2.05, 4.69) is 10.1 Å². The second-order valence-electron chi connectivity index (χ2n) is 9.10. The Bertz CT molecular complexity index is 1010. The van der Waals surface area contributed by atoms with E-state index in [0.717, 1.165) is 50.1 Å². The maximum Gasteiger partial charge on any atom is 0.573 e. The van der Waals surface area contributed by atoms with Crippen LogP contribution in [0.1, 0.15) is 46.0 Å². The average Bonchev–Trinajstić information content (AvgIpc) is 3.24. The fourth-order valence-corrected chi connectivity index (χ4v) is 6.49. The first-order valence-corrected chi connectivity index (χ1v) is 13.3. The number of amides is 1. The smallest absolute Gasteiger partial charge is 0.457 e. The zero-order valence-electron chi connectivity index (χ0n) is 21.7. The van der Waals surface area contributed by atoms with Crippen molar-refractivity contribution in [2.24, 2.45) is 5.41 Å². The van der Waals surface area contributed by atoms with E-state index < -0.39 is 11.1 Å². The van der Waals surface area contributed by atoms with Gasteiger partial charge in [0.2, 0.25) is 0 Å². The van der Waals surface area contributed by atoms with Gasteiger partial charge in [0, 0.05) is 11.9 Å². The Labute approximate surface area is 220 Å². The van der Waals surface area contributed by atoms with Gasteiger partial charge in [0.05, 0.1) is 7.11 Å². The maximum atomic E-state index is 13.4. The number of alkyl halides is 3. The number of halogens is 3. The van der Waals surface area contributed by atoms with Gasteiger partial charge in [0.1, 0.15) is 22.0 Å². The van der Waals surface area contributed by atoms with Gasteiger partial charge in [-0.2, -0.15) is 0 Å². The maximum absolute atomic E-state index is 13.4. The lowest BCUT2D eigenvalue weighted by atomic mass is 9.77. The summed E-state index contributed by atoms with van der Waals surface area (Å²) in [4.78, 5) is 19.6. The zero-order chi connectivity index (χ0) is 27.1. The van der Waals surface area contributed by atoms with Crippen LogP contribution in [0.3, 0.4) is 0 Å². The summed E-state index contributed by atoms with van der Waals surface area (Å²) >= 11 is 1.57. The number of nitrogens with one attached hydrogen (secondary N) is 1. The van der Waals surface area contributed by atoms with Crippen LogP contribution in [0.4, 0.5) is 13.2 Å². The van der Waals surface area contributed by atoms with Gasteiger partial charge in [-0.1, -0.05) is 13.8 Å². The molecule has 204 valence electrons. The summed E-state index contributed by atoms with van der Waals surface area (Å²) in [5.74, 6) is 0.587. The van der Waals surface area contributed by atoms with Crippen molar-refractivity contribution in [3.63, 3.8) is 0 Å². The van der Waals surface area contributed by atoms with Crippen molar-refractivity contribution in [2.75, 3.05) is 27.2 Å². The van der Waals surface area contributed by atoms with E-state index in [1.54, 1.807) is 30.9 Å². The molecule has 1 aliphatic carbocycles. The lowest BCUT2D eigenvalue weighted by Gasteiger charge is -2.37. The molecule has 0 bridgehead atoms. The third-order valence-electron chi connectivity index (χ3n) is 6.76. The van der Waals surface area contributed by atoms with E-state index >= 15 is 0 Å². The van der Waals surface area contributed by atoms with Crippen LogP contribution < -0.4 is 14.8 Å². The van der Waals surface area contributed by atoms with Crippen molar-refractivity contribution in [2.45, 2.75) is 62.0 Å². The first kappa shape index (κ1) is 29.1. The van der Waals surface area contributed by atoms with Crippen LogP contribution in [0, 0.1) is 5.41 Å². The second-order valence-corrected chi connectivity index (χ2v) is 10.6. The first-order chi connectivity index (χ1) is 17.6. The number of benzene rings is 2. The van der Waals surface area contributed by atoms with Crippen LogP contribution in [-0.4, -0.2) is 49.3 Å². The number of hydroxylamine groups is 2. The van der Waals surface area contributed by atoms with Crippen LogP contribution in [0.5, 0.6) is 17.2 Å². The number of hydrogen-bond acceptors (Lipinski definition) is 6. The van der Waals surface area contributed by atoms with E-state index in [-0.39, 0.29) is 17.1 Å². The van der Waals surface area contributed by atoms with Crippen LogP contribution in [0.2, 0.25) is 0 Å². The SMILES string of the molecule is CC.CON(C)C(=O)C1(Sc2ccc(Oc3ccc(OC(F)(F)F)cc3)cc2)CCC2(CCNCC2)C1. The molecule has 6 nitrogen and oxygen atoms in total. The van der Waals surface area contributed by atoms with Crippen LogP contribution in [0.25, 0.3) is 0 Å². The summed E-state index contributed by atoms with van der Waals surface area (Å²) < 4.78 is 46.0. The molecule has 2 aromatic rings. The fraction of sp³-hybridized carbons (Fsp3) is 0.519. The van der Waals surface area contributed by atoms with Crippen molar-refractivity contribution in [3.05, 3.63) is 48.5 Å². The van der Waals surface area contributed by atoms with E-state index in [1.807, 2.05) is 26.0 Å². The van der Waals surface area contributed by atoms with Gasteiger partial charge in [-0.15, -0.1) is 24.9 Å². The summed E-state index contributed by atoms with van der Waals surface area (Å²) in [5, 5.41) is 4.75. The highest BCUT2D eigenvalue weighted by Crippen LogP contribution is 2.57. The molecule has 1 atom stereocenters. The van der Waals surface area contributed by atoms with Gasteiger partial charge in [-0.3, -0.25) is 9.63 Å². The number of rotatable bonds is 7. The van der Waals surface area contributed by atoms with Crippen molar-refractivity contribution in [1.82, 2.24) is 10.4 Å². The topological polar surface area (TPSA) is 60.0 Å². The Hall–Kier alpha value is -2.43. The molecule has 10 heteroatoms. The molecule has 37 heavy (non-hydrogen) atoms. The molecule has 1 heterocycles. The van der Waals surface area contributed by atoms with E-state index in [9.17, 15) is 18.0 Å². The van der Waals surface area contributed by atoms with E-state index in [4.69, 9.17) is 9.57 Å². The molecule has 4 rings (SSSR count). The number of ether oxygens (including phenoxy) is 2. The molecule has 2 aromatic carbocycles. The third-order valence-corrected chi connectivity index (χ3v) is 8.19. The van der Waals surface area contributed by atoms with Gasteiger partial charge in [-0.05, 0) is 99.1 Å². The predicted molar refractivity (Wildman–Crippen MR) is 138 cm³/mol. The highest BCUT2D eigenvalue weighted by Gasteiger charge is 2.54. The number of hydrogen-bond donors (Lipinski definition) is 1. The summed E-state index contributed by atoms with van der Waals surface area (Å²) in [6.45, 7) is 5.95. The molecule has 1 unspecified atom stereocenters. The lowest BCUT2D eigenvalue weighted by Crippen LogP contribution is -2.45. The highest BCUT2D eigenvalue weighted by molar-refractivity contribution is 8.01. The standard InChI is InChI=1S/C25H29F3N2O4S.C2H6/c1-30(32-2)22(31)24(12-11-23(17-24)13-15-29-16-14-23)35-21-9-7-19(8-10-21)33-18-3-5-20(6-4-18)34-25(26,27)28;1-2/h3-10,29H,11-17H2,1-2H3;1-2H3. The summed E-state index contributed by atoms with van der Waals surface area (Å²) in [6, 6.07) is 12.6. The Kier molecular flexibility index (Phi) is 9.77. The van der Waals surface area contributed by atoms with Crippen molar-refractivity contribution in [3.8, 4) is 17.2 Å². The number of carbonyl (C=O) groups is 1. The molecule has 2 fully saturated rings. The number of piperidine rings is 1. The molecular formula is C27H35F3N2O4S. The lowest BCUT2D eigenvalue weighted by molar-refractivity contribution is -0.274. The Balaban J connectivity index is 0.00000186. The highest BCUT2D eigenvalue weighted by atomic mass is 32.2. The third kappa shape index (κ3) is 7.55. The van der Waals surface area contributed by atoms with Gasteiger partial charge in [-0.25, -0.2) is 5.06 Å². The van der Waals surface area contributed by atoms with Gasteiger partial charge in [0.15, 0.2) is 0 Å². The number of nitrogens with zero attached hydrogens (tertiary/aromatic N) is 1. The zero-order valence-corrected chi connectivity index (χ0v) is 22.5. The minimum Gasteiger partial charge on any atom is -0.457 e. The van der Waals surface area contributed by atoms with Crippen LogP contribution in [-0.2, 0) is 9.63 Å². The minimum atomic E-state index is -4.74. The quantitative estimate of drug-likeness (QED) is 0.390. The average molecular weight is 541 g/mol. The van der Waals surface area contributed by atoms with Gasteiger partial charge >= 0.3 is 6.36 Å².